The maximum absolute atomic E-state index is 12.5. The van der Waals surface area contributed by atoms with Gasteiger partial charge in [0.15, 0.2) is 0 Å². The first-order valence-electron chi connectivity index (χ1n) is 8.71. The van der Waals surface area contributed by atoms with E-state index in [0.717, 1.165) is 0 Å². The monoisotopic (exact) mass is 410 g/mol. The fraction of sp³-hybridized carbons (Fsp3) is 0.0909. The number of hydrogen-bond donors (Lipinski definition) is 2. The third-order valence-electron chi connectivity index (χ3n) is 4.18. The number of halogens is 1. The van der Waals surface area contributed by atoms with Crippen molar-refractivity contribution in [2.75, 3.05) is 24.9 Å². The Morgan fingerprint density at radius 1 is 0.828 bits per heavy atom. The maximum Gasteiger partial charge on any atom is 0.257 e. The van der Waals surface area contributed by atoms with E-state index in [2.05, 4.69) is 10.6 Å². The second-order valence-electron chi connectivity index (χ2n) is 6.03. The molecule has 0 saturated carbocycles. The highest BCUT2D eigenvalue weighted by Gasteiger charge is 2.14. The number of benzene rings is 3. The van der Waals surface area contributed by atoms with Crippen molar-refractivity contribution < 1.29 is 19.1 Å². The SMILES string of the molecule is COc1ccc(C(=O)Nc2ccc(NC(=O)c3ccccc3Cl)c(OC)c2)cc1. The van der Waals surface area contributed by atoms with Crippen LogP contribution in [0.4, 0.5) is 11.4 Å². The van der Waals surface area contributed by atoms with Gasteiger partial charge in [-0.2, -0.15) is 0 Å². The van der Waals surface area contributed by atoms with E-state index in [0.29, 0.717) is 39.0 Å². The molecule has 148 valence electrons. The largest absolute Gasteiger partial charge is 0.497 e. The molecular formula is C22H19ClN2O4. The average molecular weight is 411 g/mol. The number of carbonyl (C=O) groups is 2. The van der Waals surface area contributed by atoms with Gasteiger partial charge in [-0.3, -0.25) is 9.59 Å². The Balaban J connectivity index is 1.75. The summed E-state index contributed by atoms with van der Waals surface area (Å²) >= 11 is 6.07. The van der Waals surface area contributed by atoms with Crippen molar-refractivity contribution in [3.05, 3.63) is 82.9 Å². The average Bonchev–Trinajstić information content (AvgIpc) is 2.75. The van der Waals surface area contributed by atoms with E-state index in [4.69, 9.17) is 21.1 Å². The summed E-state index contributed by atoms with van der Waals surface area (Å²) in [4.78, 5) is 24.9. The Morgan fingerprint density at radius 3 is 2.21 bits per heavy atom. The van der Waals surface area contributed by atoms with E-state index in [1.54, 1.807) is 73.8 Å². The molecule has 7 heteroatoms. The van der Waals surface area contributed by atoms with E-state index >= 15 is 0 Å². The van der Waals surface area contributed by atoms with Gasteiger partial charge in [0.2, 0.25) is 0 Å². The van der Waals surface area contributed by atoms with Gasteiger partial charge in [-0.25, -0.2) is 0 Å². The van der Waals surface area contributed by atoms with Gasteiger partial charge < -0.3 is 20.1 Å². The molecule has 0 heterocycles. The van der Waals surface area contributed by atoms with E-state index in [-0.39, 0.29) is 11.8 Å². The molecule has 0 spiro atoms. The summed E-state index contributed by atoms with van der Waals surface area (Å²) in [7, 11) is 3.04. The number of amides is 2. The number of nitrogens with one attached hydrogen (secondary N) is 2. The first-order chi connectivity index (χ1) is 14.0. The summed E-state index contributed by atoms with van der Waals surface area (Å²) in [6, 6.07) is 18.5. The third-order valence-corrected chi connectivity index (χ3v) is 4.51. The minimum atomic E-state index is -0.357. The molecule has 0 radical (unpaired) electrons. The Labute approximate surface area is 173 Å². The number of hydrogen-bond acceptors (Lipinski definition) is 4. The molecule has 6 nitrogen and oxygen atoms in total. The second kappa shape index (κ2) is 9.12. The molecule has 2 amide bonds. The number of rotatable bonds is 6. The van der Waals surface area contributed by atoms with Crippen LogP contribution in [0.3, 0.4) is 0 Å². The van der Waals surface area contributed by atoms with Gasteiger partial charge in [-0.15, -0.1) is 0 Å². The normalized spacial score (nSPS) is 10.2. The Bertz CT molecular complexity index is 1040. The van der Waals surface area contributed by atoms with Crippen LogP contribution in [0.1, 0.15) is 20.7 Å². The summed E-state index contributed by atoms with van der Waals surface area (Å²) in [5.41, 5.74) is 1.83. The predicted molar refractivity (Wildman–Crippen MR) is 113 cm³/mol. The zero-order valence-electron chi connectivity index (χ0n) is 15.9. The van der Waals surface area contributed by atoms with E-state index in [1.165, 1.54) is 7.11 Å². The van der Waals surface area contributed by atoms with Crippen LogP contribution < -0.4 is 20.1 Å². The lowest BCUT2D eigenvalue weighted by molar-refractivity contribution is 0.101. The first-order valence-corrected chi connectivity index (χ1v) is 9.09. The molecule has 0 aliphatic rings. The van der Waals surface area contributed by atoms with Crippen LogP contribution in [0.5, 0.6) is 11.5 Å². The van der Waals surface area contributed by atoms with Gasteiger partial charge in [0.25, 0.3) is 11.8 Å². The maximum atomic E-state index is 12.5. The molecule has 2 N–H and O–H groups in total. The van der Waals surface area contributed by atoms with Crippen LogP contribution in [-0.4, -0.2) is 26.0 Å². The number of ether oxygens (including phenoxy) is 2. The molecule has 0 fully saturated rings. The summed E-state index contributed by atoms with van der Waals surface area (Å²) in [5, 5.41) is 5.92. The molecule has 0 aromatic heterocycles. The van der Waals surface area contributed by atoms with E-state index in [1.807, 2.05) is 0 Å². The highest BCUT2D eigenvalue weighted by Crippen LogP contribution is 2.29. The summed E-state index contributed by atoms with van der Waals surface area (Å²) in [6.45, 7) is 0. The van der Waals surface area contributed by atoms with Crippen LogP contribution in [0, 0.1) is 0 Å². The molecule has 29 heavy (non-hydrogen) atoms. The van der Waals surface area contributed by atoms with Crippen molar-refractivity contribution >= 4 is 34.8 Å². The smallest absolute Gasteiger partial charge is 0.257 e. The Morgan fingerprint density at radius 2 is 1.55 bits per heavy atom. The lowest BCUT2D eigenvalue weighted by atomic mass is 10.2. The molecular weight excluding hydrogens is 392 g/mol. The molecule has 0 aliphatic heterocycles. The molecule has 0 atom stereocenters. The summed E-state index contributed by atoms with van der Waals surface area (Å²) in [6.07, 6.45) is 0. The number of carbonyl (C=O) groups excluding carboxylic acids is 2. The Kier molecular flexibility index (Phi) is 6.36. The third kappa shape index (κ3) is 4.86. The van der Waals surface area contributed by atoms with E-state index < -0.39 is 0 Å². The van der Waals surface area contributed by atoms with Crippen molar-refractivity contribution in [2.45, 2.75) is 0 Å². The molecule has 3 rings (SSSR count). The van der Waals surface area contributed by atoms with Gasteiger partial charge in [0.05, 0.1) is 30.5 Å². The topological polar surface area (TPSA) is 76.7 Å². The zero-order valence-corrected chi connectivity index (χ0v) is 16.6. The van der Waals surface area contributed by atoms with Crippen LogP contribution in [0.25, 0.3) is 0 Å². The highest BCUT2D eigenvalue weighted by molar-refractivity contribution is 6.34. The van der Waals surface area contributed by atoms with Crippen molar-refractivity contribution in [2.24, 2.45) is 0 Å². The minimum absolute atomic E-state index is 0.275. The van der Waals surface area contributed by atoms with Crippen LogP contribution in [0.2, 0.25) is 5.02 Å². The van der Waals surface area contributed by atoms with Crippen LogP contribution >= 0.6 is 11.6 Å². The Hall–Kier alpha value is -3.51. The second-order valence-corrected chi connectivity index (χ2v) is 6.44. The summed E-state index contributed by atoms with van der Waals surface area (Å²) in [5.74, 6) is 0.436. The minimum Gasteiger partial charge on any atom is -0.497 e. The van der Waals surface area contributed by atoms with Gasteiger partial charge >= 0.3 is 0 Å². The summed E-state index contributed by atoms with van der Waals surface area (Å²) < 4.78 is 10.4. The first kappa shape index (κ1) is 20.2. The van der Waals surface area contributed by atoms with Crippen molar-refractivity contribution in [1.29, 1.82) is 0 Å². The zero-order chi connectivity index (χ0) is 20.8. The molecule has 0 aliphatic carbocycles. The molecule has 0 saturated heterocycles. The van der Waals surface area contributed by atoms with Crippen molar-refractivity contribution in [1.82, 2.24) is 0 Å². The van der Waals surface area contributed by atoms with Gasteiger partial charge in [0.1, 0.15) is 11.5 Å². The standard InChI is InChI=1S/C22H19ClN2O4/c1-28-16-10-7-14(8-11-16)21(26)24-15-9-12-19(20(13-15)29-2)25-22(27)17-5-3-4-6-18(17)23/h3-13H,1-2H3,(H,24,26)(H,25,27). The van der Waals surface area contributed by atoms with Crippen LogP contribution in [-0.2, 0) is 0 Å². The van der Waals surface area contributed by atoms with Crippen molar-refractivity contribution in [3.63, 3.8) is 0 Å². The molecule has 0 unspecified atom stereocenters. The predicted octanol–water partition coefficient (Wildman–Crippen LogP) is 4.86. The molecule has 3 aromatic rings. The van der Waals surface area contributed by atoms with Gasteiger partial charge in [0, 0.05) is 17.3 Å². The van der Waals surface area contributed by atoms with Crippen LogP contribution in [0.15, 0.2) is 66.7 Å². The van der Waals surface area contributed by atoms with E-state index in [9.17, 15) is 9.59 Å². The molecule has 3 aromatic carbocycles. The van der Waals surface area contributed by atoms with Gasteiger partial charge in [-0.1, -0.05) is 23.7 Å². The fourth-order valence-corrected chi connectivity index (χ4v) is 2.87. The van der Waals surface area contributed by atoms with Gasteiger partial charge in [-0.05, 0) is 48.5 Å². The van der Waals surface area contributed by atoms with Crippen molar-refractivity contribution in [3.8, 4) is 11.5 Å². The number of anilines is 2. The highest BCUT2D eigenvalue weighted by atomic mass is 35.5. The fourth-order valence-electron chi connectivity index (χ4n) is 2.65. The lowest BCUT2D eigenvalue weighted by Crippen LogP contribution is -2.14. The quantitative estimate of drug-likeness (QED) is 0.608. The molecule has 0 bridgehead atoms. The lowest BCUT2D eigenvalue weighted by Gasteiger charge is -2.13. The number of methoxy groups -OCH3 is 2.